The molecular weight excluding hydrogens is 246 g/mol. The van der Waals surface area contributed by atoms with Gasteiger partial charge in [-0.2, -0.15) is 4.68 Å². The van der Waals surface area contributed by atoms with Crippen LogP contribution in [0, 0.1) is 0 Å². The van der Waals surface area contributed by atoms with E-state index in [1.54, 1.807) is 7.11 Å². The number of carbonyl (C=O) groups is 1. The van der Waals surface area contributed by atoms with Gasteiger partial charge in [-0.1, -0.05) is 16.6 Å². The van der Waals surface area contributed by atoms with Gasteiger partial charge in [-0.05, 0) is 0 Å². The molecule has 0 fully saturated rings. The fourth-order valence-corrected chi connectivity index (χ4v) is 2.00. The molecule has 1 N–H and O–H groups in total. The molecular formula is C8H9N5O3S. The largest absolute Gasteiger partial charge is 0.481 e. The molecule has 0 radical (unpaired) electrons. The average molecular weight is 255 g/mol. The number of nitrogens with zero attached hydrogens (tertiary/aromatic N) is 5. The van der Waals surface area contributed by atoms with E-state index in [0.29, 0.717) is 22.4 Å². The molecule has 8 nitrogen and oxygen atoms in total. The first-order valence-corrected chi connectivity index (χ1v) is 5.45. The summed E-state index contributed by atoms with van der Waals surface area (Å²) < 4.78 is 6.29. The van der Waals surface area contributed by atoms with Gasteiger partial charge in [-0.15, -0.1) is 15.3 Å². The third-order valence-electron chi connectivity index (χ3n) is 1.86. The van der Waals surface area contributed by atoms with E-state index < -0.39 is 5.97 Å². The second kappa shape index (κ2) is 4.97. The Labute approximate surface area is 99.9 Å². The van der Waals surface area contributed by atoms with E-state index in [-0.39, 0.29) is 6.42 Å². The van der Waals surface area contributed by atoms with Gasteiger partial charge >= 0.3 is 5.97 Å². The van der Waals surface area contributed by atoms with Crippen molar-refractivity contribution in [2.45, 2.75) is 13.0 Å². The summed E-state index contributed by atoms with van der Waals surface area (Å²) in [5, 5.41) is 25.1. The number of aromatic nitrogens is 5. The fourth-order valence-electron chi connectivity index (χ4n) is 1.20. The minimum absolute atomic E-state index is 0.161. The van der Waals surface area contributed by atoms with E-state index in [1.165, 1.54) is 22.2 Å². The number of aliphatic carboxylic acids is 1. The summed E-state index contributed by atoms with van der Waals surface area (Å²) in [6.45, 7) is 0.362. The van der Waals surface area contributed by atoms with Crippen molar-refractivity contribution in [3.63, 3.8) is 0 Å². The molecule has 0 aliphatic heterocycles. The zero-order valence-electron chi connectivity index (χ0n) is 8.90. The minimum atomic E-state index is -0.949. The van der Waals surface area contributed by atoms with Gasteiger partial charge < -0.3 is 9.84 Å². The Morgan fingerprint density at radius 1 is 1.59 bits per heavy atom. The number of carboxylic acids is 1. The highest BCUT2D eigenvalue weighted by molar-refractivity contribution is 7.13. The van der Waals surface area contributed by atoms with Gasteiger partial charge in [0.2, 0.25) is 5.13 Å². The maximum absolute atomic E-state index is 10.6. The lowest BCUT2D eigenvalue weighted by molar-refractivity contribution is -0.136. The first-order valence-electron chi connectivity index (χ1n) is 4.63. The third-order valence-corrected chi connectivity index (χ3v) is 2.73. The number of hydrogen-bond acceptors (Lipinski definition) is 7. The van der Waals surface area contributed by atoms with Crippen molar-refractivity contribution < 1.29 is 14.6 Å². The van der Waals surface area contributed by atoms with Crippen LogP contribution in [0.3, 0.4) is 0 Å². The third kappa shape index (κ3) is 2.63. The predicted molar refractivity (Wildman–Crippen MR) is 56.9 cm³/mol. The van der Waals surface area contributed by atoms with Gasteiger partial charge in [0.1, 0.15) is 11.6 Å². The molecule has 2 aromatic rings. The molecule has 0 aliphatic carbocycles. The monoisotopic (exact) mass is 255 g/mol. The summed E-state index contributed by atoms with van der Waals surface area (Å²) in [6, 6.07) is 0. The molecule has 90 valence electrons. The van der Waals surface area contributed by atoms with Crippen molar-refractivity contribution in [2.75, 3.05) is 7.11 Å². The van der Waals surface area contributed by atoms with Crippen molar-refractivity contribution in [2.24, 2.45) is 0 Å². The quantitative estimate of drug-likeness (QED) is 0.795. The predicted octanol–water partition coefficient (Wildman–Crippen LogP) is -0.108. The highest BCUT2D eigenvalue weighted by Crippen LogP contribution is 2.16. The molecule has 2 aromatic heterocycles. The zero-order chi connectivity index (χ0) is 12.3. The van der Waals surface area contributed by atoms with Crippen molar-refractivity contribution in [3.05, 3.63) is 16.9 Å². The van der Waals surface area contributed by atoms with Gasteiger partial charge in [0, 0.05) is 7.11 Å². The van der Waals surface area contributed by atoms with E-state index in [4.69, 9.17) is 9.84 Å². The maximum Gasteiger partial charge on any atom is 0.309 e. The average Bonchev–Trinajstić information content (AvgIpc) is 2.86. The van der Waals surface area contributed by atoms with Gasteiger partial charge in [0.25, 0.3) is 0 Å². The first kappa shape index (κ1) is 11.6. The standard InChI is InChI=1S/C8H9N5O3S/c1-16-4-6-10-11-8(17-6)13-5(2-7(14)15)3-9-12-13/h3H,2,4H2,1H3,(H,14,15). The second-order valence-electron chi connectivity index (χ2n) is 3.12. The van der Waals surface area contributed by atoms with Crippen LogP contribution >= 0.6 is 11.3 Å². The Hall–Kier alpha value is -1.87. The van der Waals surface area contributed by atoms with Crippen molar-refractivity contribution in [3.8, 4) is 5.13 Å². The Balaban J connectivity index is 2.26. The molecule has 0 unspecified atom stereocenters. The summed E-state index contributed by atoms with van der Waals surface area (Å²) in [5.41, 5.74) is 0.456. The molecule has 0 atom stereocenters. The lowest BCUT2D eigenvalue weighted by atomic mass is 10.3. The van der Waals surface area contributed by atoms with Crippen LogP contribution in [0.25, 0.3) is 5.13 Å². The van der Waals surface area contributed by atoms with E-state index >= 15 is 0 Å². The molecule has 2 heterocycles. The van der Waals surface area contributed by atoms with Crippen molar-refractivity contribution in [1.29, 1.82) is 0 Å². The van der Waals surface area contributed by atoms with E-state index in [9.17, 15) is 4.79 Å². The van der Waals surface area contributed by atoms with Crippen LogP contribution < -0.4 is 0 Å². The number of carboxylic acid groups (broad SMARTS) is 1. The molecule has 0 saturated carbocycles. The maximum atomic E-state index is 10.6. The van der Waals surface area contributed by atoms with Crippen LogP contribution in [-0.4, -0.2) is 43.4 Å². The normalized spacial score (nSPS) is 10.6. The summed E-state index contributed by atoms with van der Waals surface area (Å²) in [5.74, 6) is -0.949. The Kier molecular flexibility index (Phi) is 3.40. The van der Waals surface area contributed by atoms with Gasteiger partial charge in [-0.3, -0.25) is 4.79 Å². The summed E-state index contributed by atoms with van der Waals surface area (Å²) in [6.07, 6.45) is 1.23. The molecule has 9 heteroatoms. The van der Waals surface area contributed by atoms with Crippen LogP contribution in [0.4, 0.5) is 0 Å². The van der Waals surface area contributed by atoms with Crippen molar-refractivity contribution >= 4 is 17.3 Å². The van der Waals surface area contributed by atoms with Crippen molar-refractivity contribution in [1.82, 2.24) is 25.2 Å². The Morgan fingerprint density at radius 2 is 2.41 bits per heavy atom. The van der Waals surface area contributed by atoms with E-state index in [2.05, 4.69) is 20.5 Å². The Morgan fingerprint density at radius 3 is 3.12 bits per heavy atom. The smallest absolute Gasteiger partial charge is 0.309 e. The lowest BCUT2D eigenvalue weighted by Crippen LogP contribution is -2.07. The summed E-state index contributed by atoms with van der Waals surface area (Å²) in [4.78, 5) is 10.6. The molecule has 0 saturated heterocycles. The molecule has 2 rings (SSSR count). The SMILES string of the molecule is COCc1nnc(-n2nncc2CC(=O)O)s1. The summed E-state index contributed by atoms with van der Waals surface area (Å²) in [7, 11) is 1.56. The van der Waals surface area contributed by atoms with Crippen LogP contribution in [-0.2, 0) is 22.6 Å². The van der Waals surface area contributed by atoms with Gasteiger partial charge in [0.15, 0.2) is 0 Å². The molecule has 17 heavy (non-hydrogen) atoms. The number of methoxy groups -OCH3 is 1. The van der Waals surface area contributed by atoms with Crippen LogP contribution in [0.5, 0.6) is 0 Å². The van der Waals surface area contributed by atoms with Crippen LogP contribution in [0.2, 0.25) is 0 Å². The number of ether oxygens (including phenoxy) is 1. The molecule has 0 aromatic carbocycles. The fraction of sp³-hybridized carbons (Fsp3) is 0.375. The Bertz CT molecular complexity index is 523. The second-order valence-corrected chi connectivity index (χ2v) is 4.16. The first-order chi connectivity index (χ1) is 8.20. The molecule has 0 bridgehead atoms. The zero-order valence-corrected chi connectivity index (χ0v) is 9.72. The van der Waals surface area contributed by atoms with Gasteiger partial charge in [0.05, 0.1) is 18.3 Å². The van der Waals surface area contributed by atoms with E-state index in [0.717, 1.165) is 0 Å². The van der Waals surface area contributed by atoms with Crippen LogP contribution in [0.15, 0.2) is 6.20 Å². The number of hydrogen-bond donors (Lipinski definition) is 1. The topological polar surface area (TPSA) is 103 Å². The molecule has 0 amide bonds. The minimum Gasteiger partial charge on any atom is -0.481 e. The highest BCUT2D eigenvalue weighted by Gasteiger charge is 2.13. The van der Waals surface area contributed by atoms with Crippen LogP contribution in [0.1, 0.15) is 10.7 Å². The highest BCUT2D eigenvalue weighted by atomic mass is 32.1. The molecule has 0 spiro atoms. The van der Waals surface area contributed by atoms with Gasteiger partial charge in [-0.25, -0.2) is 0 Å². The molecule has 0 aliphatic rings. The van der Waals surface area contributed by atoms with E-state index in [1.807, 2.05) is 0 Å². The lowest BCUT2D eigenvalue weighted by Gasteiger charge is -1.97. The summed E-state index contributed by atoms with van der Waals surface area (Å²) >= 11 is 1.28. The number of rotatable bonds is 5.